The SMILES string of the molecule is CC(CN)c1nc(CSC2CCCC2)no1. The Kier molecular flexibility index (Phi) is 4.23. The monoisotopic (exact) mass is 241 g/mol. The number of hydrogen-bond donors (Lipinski definition) is 1. The summed E-state index contributed by atoms with van der Waals surface area (Å²) in [4.78, 5) is 4.36. The van der Waals surface area contributed by atoms with Crippen LogP contribution in [0.2, 0.25) is 0 Å². The first-order chi connectivity index (χ1) is 7.79. The van der Waals surface area contributed by atoms with Gasteiger partial charge in [0.15, 0.2) is 5.82 Å². The molecular formula is C11H19N3OS. The van der Waals surface area contributed by atoms with Crippen molar-refractivity contribution in [3.63, 3.8) is 0 Å². The summed E-state index contributed by atoms with van der Waals surface area (Å²) in [6.07, 6.45) is 5.43. The van der Waals surface area contributed by atoms with Gasteiger partial charge in [0, 0.05) is 17.7 Å². The molecule has 1 aliphatic rings. The lowest BCUT2D eigenvalue weighted by atomic mass is 10.2. The van der Waals surface area contributed by atoms with Gasteiger partial charge in [-0.1, -0.05) is 24.9 Å². The maximum atomic E-state index is 5.55. The number of nitrogens with two attached hydrogens (primary N) is 1. The van der Waals surface area contributed by atoms with E-state index in [-0.39, 0.29) is 5.92 Å². The van der Waals surface area contributed by atoms with Gasteiger partial charge in [-0.3, -0.25) is 0 Å². The van der Waals surface area contributed by atoms with Gasteiger partial charge >= 0.3 is 0 Å². The maximum absolute atomic E-state index is 5.55. The lowest BCUT2D eigenvalue weighted by Crippen LogP contribution is -2.09. The second-order valence-corrected chi connectivity index (χ2v) is 5.69. The second kappa shape index (κ2) is 5.68. The molecule has 0 radical (unpaired) electrons. The highest BCUT2D eigenvalue weighted by atomic mass is 32.2. The van der Waals surface area contributed by atoms with Gasteiger partial charge in [0.2, 0.25) is 5.89 Å². The van der Waals surface area contributed by atoms with Crippen molar-refractivity contribution in [3.05, 3.63) is 11.7 Å². The zero-order valence-electron chi connectivity index (χ0n) is 9.69. The fourth-order valence-corrected chi connectivity index (χ4v) is 3.04. The summed E-state index contributed by atoms with van der Waals surface area (Å²) >= 11 is 1.95. The molecule has 1 aliphatic carbocycles. The van der Waals surface area contributed by atoms with Gasteiger partial charge in [-0.05, 0) is 12.8 Å². The highest BCUT2D eigenvalue weighted by Gasteiger charge is 2.17. The summed E-state index contributed by atoms with van der Waals surface area (Å²) in [5.41, 5.74) is 5.55. The van der Waals surface area contributed by atoms with E-state index in [0.717, 1.165) is 16.8 Å². The normalized spacial score (nSPS) is 19.1. The van der Waals surface area contributed by atoms with Crippen molar-refractivity contribution in [2.75, 3.05) is 6.54 Å². The van der Waals surface area contributed by atoms with Crippen LogP contribution in [0.3, 0.4) is 0 Å². The highest BCUT2D eigenvalue weighted by molar-refractivity contribution is 7.99. The van der Waals surface area contributed by atoms with Gasteiger partial charge in [-0.15, -0.1) is 0 Å². The Morgan fingerprint density at radius 1 is 1.50 bits per heavy atom. The van der Waals surface area contributed by atoms with Crippen molar-refractivity contribution in [2.24, 2.45) is 5.73 Å². The summed E-state index contributed by atoms with van der Waals surface area (Å²) in [6.45, 7) is 2.55. The maximum Gasteiger partial charge on any atom is 0.230 e. The molecule has 0 aromatic carbocycles. The van der Waals surface area contributed by atoms with E-state index in [1.165, 1.54) is 25.7 Å². The molecule has 0 amide bonds. The molecule has 16 heavy (non-hydrogen) atoms. The lowest BCUT2D eigenvalue weighted by molar-refractivity contribution is 0.357. The molecule has 0 bridgehead atoms. The predicted octanol–water partition coefficient (Wildman–Crippen LogP) is 2.31. The molecule has 0 spiro atoms. The van der Waals surface area contributed by atoms with Crippen molar-refractivity contribution >= 4 is 11.8 Å². The van der Waals surface area contributed by atoms with Crippen molar-refractivity contribution in [3.8, 4) is 0 Å². The van der Waals surface area contributed by atoms with Gasteiger partial charge in [0.25, 0.3) is 0 Å². The third-order valence-electron chi connectivity index (χ3n) is 3.01. The predicted molar refractivity (Wildman–Crippen MR) is 65.3 cm³/mol. The molecule has 1 aromatic heterocycles. The summed E-state index contributed by atoms with van der Waals surface area (Å²) in [6, 6.07) is 0. The molecule has 2 rings (SSSR count). The molecule has 1 unspecified atom stereocenters. The van der Waals surface area contributed by atoms with Crippen LogP contribution in [0.5, 0.6) is 0 Å². The molecule has 0 saturated heterocycles. The summed E-state index contributed by atoms with van der Waals surface area (Å²) in [5.74, 6) is 2.51. The van der Waals surface area contributed by atoms with Gasteiger partial charge in [0.1, 0.15) is 0 Å². The van der Waals surface area contributed by atoms with Crippen LogP contribution in [0, 0.1) is 0 Å². The van der Waals surface area contributed by atoms with Crippen LogP contribution >= 0.6 is 11.8 Å². The minimum Gasteiger partial charge on any atom is -0.339 e. The van der Waals surface area contributed by atoms with Gasteiger partial charge in [-0.25, -0.2) is 0 Å². The Bertz CT molecular complexity index is 323. The molecule has 0 aliphatic heterocycles. The fraction of sp³-hybridized carbons (Fsp3) is 0.818. The summed E-state index contributed by atoms with van der Waals surface area (Å²) in [7, 11) is 0. The highest BCUT2D eigenvalue weighted by Crippen LogP contribution is 2.31. The van der Waals surface area contributed by atoms with Gasteiger partial charge < -0.3 is 10.3 Å². The van der Waals surface area contributed by atoms with Crippen LogP contribution in [-0.2, 0) is 5.75 Å². The average Bonchev–Trinajstić information content (AvgIpc) is 2.96. The van der Waals surface area contributed by atoms with E-state index in [4.69, 9.17) is 10.3 Å². The van der Waals surface area contributed by atoms with Crippen LogP contribution in [0.25, 0.3) is 0 Å². The van der Waals surface area contributed by atoms with E-state index in [1.54, 1.807) is 0 Å². The van der Waals surface area contributed by atoms with Crippen molar-refractivity contribution in [2.45, 2.75) is 49.5 Å². The zero-order valence-corrected chi connectivity index (χ0v) is 10.5. The molecule has 4 nitrogen and oxygen atoms in total. The average molecular weight is 241 g/mol. The third-order valence-corrected chi connectivity index (χ3v) is 4.38. The van der Waals surface area contributed by atoms with E-state index in [0.29, 0.717) is 12.4 Å². The van der Waals surface area contributed by atoms with E-state index >= 15 is 0 Å². The Morgan fingerprint density at radius 3 is 2.94 bits per heavy atom. The van der Waals surface area contributed by atoms with E-state index in [2.05, 4.69) is 10.1 Å². The third kappa shape index (κ3) is 2.98. The second-order valence-electron chi connectivity index (χ2n) is 4.40. The lowest BCUT2D eigenvalue weighted by Gasteiger charge is -2.05. The summed E-state index contributed by atoms with van der Waals surface area (Å²) < 4.78 is 5.18. The standard InChI is InChI=1S/C11H19N3OS/c1-8(6-12)11-13-10(14-15-11)7-16-9-4-2-3-5-9/h8-9H,2-7,12H2,1H3. The Labute approximate surface area is 100 Å². The van der Waals surface area contributed by atoms with Crippen LogP contribution in [0.15, 0.2) is 4.52 Å². The van der Waals surface area contributed by atoms with E-state index in [1.807, 2.05) is 18.7 Å². The molecule has 1 atom stereocenters. The number of rotatable bonds is 5. The molecular weight excluding hydrogens is 222 g/mol. The number of hydrogen-bond acceptors (Lipinski definition) is 5. The van der Waals surface area contributed by atoms with Crippen LogP contribution in [0.4, 0.5) is 0 Å². The Hall–Kier alpha value is -0.550. The zero-order chi connectivity index (χ0) is 11.4. The number of thioether (sulfide) groups is 1. The van der Waals surface area contributed by atoms with Gasteiger partial charge in [-0.2, -0.15) is 16.7 Å². The number of nitrogens with zero attached hydrogens (tertiary/aromatic N) is 2. The minimum atomic E-state index is 0.165. The molecule has 90 valence electrons. The quantitative estimate of drug-likeness (QED) is 0.857. The number of aromatic nitrogens is 2. The van der Waals surface area contributed by atoms with Crippen LogP contribution in [-0.4, -0.2) is 21.9 Å². The fourth-order valence-electron chi connectivity index (χ4n) is 1.87. The molecule has 1 saturated carbocycles. The van der Waals surface area contributed by atoms with Crippen molar-refractivity contribution < 1.29 is 4.52 Å². The minimum absolute atomic E-state index is 0.165. The van der Waals surface area contributed by atoms with E-state index < -0.39 is 0 Å². The topological polar surface area (TPSA) is 64.9 Å². The summed E-state index contributed by atoms with van der Waals surface area (Å²) in [5, 5.41) is 4.78. The largest absolute Gasteiger partial charge is 0.339 e. The molecule has 1 heterocycles. The first-order valence-corrected chi connectivity index (χ1v) is 6.98. The molecule has 2 N–H and O–H groups in total. The smallest absolute Gasteiger partial charge is 0.230 e. The Morgan fingerprint density at radius 2 is 2.25 bits per heavy atom. The molecule has 1 aromatic rings. The van der Waals surface area contributed by atoms with E-state index in [9.17, 15) is 0 Å². The molecule has 1 fully saturated rings. The van der Waals surface area contributed by atoms with Crippen LogP contribution < -0.4 is 5.73 Å². The molecule has 5 heteroatoms. The van der Waals surface area contributed by atoms with Gasteiger partial charge in [0.05, 0.1) is 5.75 Å². The van der Waals surface area contributed by atoms with Crippen LogP contribution in [0.1, 0.15) is 50.2 Å². The Balaban J connectivity index is 1.82. The first-order valence-electron chi connectivity index (χ1n) is 5.93. The van der Waals surface area contributed by atoms with Crippen molar-refractivity contribution in [1.29, 1.82) is 0 Å². The van der Waals surface area contributed by atoms with Crippen molar-refractivity contribution in [1.82, 2.24) is 10.1 Å². The first kappa shape index (κ1) is 11.9.